The number of hydrogen-bond donors (Lipinski definition) is 1. The molecule has 0 saturated carbocycles. The summed E-state index contributed by atoms with van der Waals surface area (Å²) in [7, 11) is 1.57. The van der Waals surface area contributed by atoms with Gasteiger partial charge >= 0.3 is 0 Å². The number of ether oxygens (including phenoxy) is 2. The van der Waals surface area contributed by atoms with Gasteiger partial charge in [-0.2, -0.15) is 5.26 Å². The molecule has 0 bridgehead atoms. The number of unbranched alkanes of at least 4 members (excludes halogenated alkanes) is 1. The van der Waals surface area contributed by atoms with E-state index in [-0.39, 0.29) is 5.91 Å². The molecule has 1 amide bonds. The number of aromatic nitrogens is 1. The second-order valence-corrected chi connectivity index (χ2v) is 5.10. The van der Waals surface area contributed by atoms with Gasteiger partial charge in [-0.1, -0.05) is 6.07 Å². The van der Waals surface area contributed by atoms with Gasteiger partial charge in [-0.3, -0.25) is 4.79 Å². The van der Waals surface area contributed by atoms with Crippen molar-refractivity contribution in [3.63, 3.8) is 0 Å². The van der Waals surface area contributed by atoms with E-state index in [9.17, 15) is 4.79 Å². The molecule has 1 aromatic heterocycles. The number of nitrogens with one attached hydrogen (secondary N) is 1. The summed E-state index contributed by atoms with van der Waals surface area (Å²) < 4.78 is 10.8. The average molecular weight is 325 g/mol. The number of nitrogens with zero attached hydrogens (tertiary/aromatic N) is 2. The molecule has 1 aromatic carbocycles. The van der Waals surface area contributed by atoms with Crippen LogP contribution in [0.15, 0.2) is 36.5 Å². The zero-order valence-electron chi connectivity index (χ0n) is 13.7. The molecular formula is C18H19N3O3. The number of amides is 1. The largest absolute Gasteiger partial charge is 0.496 e. The lowest BCUT2D eigenvalue weighted by molar-refractivity contribution is 0.102. The molecule has 0 aliphatic heterocycles. The van der Waals surface area contributed by atoms with Gasteiger partial charge in [-0.25, -0.2) is 4.98 Å². The molecule has 2 aromatic rings. The van der Waals surface area contributed by atoms with Crippen molar-refractivity contribution in [2.75, 3.05) is 19.0 Å². The highest BCUT2D eigenvalue weighted by Gasteiger charge is 2.12. The number of nitriles is 1. The molecule has 2 rings (SSSR count). The van der Waals surface area contributed by atoms with Gasteiger partial charge in [0.15, 0.2) is 11.6 Å². The Morgan fingerprint density at radius 1 is 1.33 bits per heavy atom. The fourth-order valence-electron chi connectivity index (χ4n) is 2.08. The monoisotopic (exact) mass is 325 g/mol. The highest BCUT2D eigenvalue weighted by atomic mass is 16.5. The Kier molecular flexibility index (Phi) is 6.15. The summed E-state index contributed by atoms with van der Waals surface area (Å²) in [5.41, 5.74) is 1.42. The molecule has 0 aliphatic rings. The topological polar surface area (TPSA) is 84.2 Å². The van der Waals surface area contributed by atoms with Gasteiger partial charge in [0.05, 0.1) is 19.8 Å². The Hall–Kier alpha value is -3.07. The van der Waals surface area contributed by atoms with Crippen molar-refractivity contribution in [2.24, 2.45) is 0 Å². The zero-order chi connectivity index (χ0) is 17.4. The minimum absolute atomic E-state index is 0.297. The summed E-state index contributed by atoms with van der Waals surface area (Å²) in [5.74, 6) is 1.17. The van der Waals surface area contributed by atoms with Gasteiger partial charge in [-0.05, 0) is 43.2 Å². The van der Waals surface area contributed by atoms with Crippen LogP contribution in [-0.4, -0.2) is 24.6 Å². The Bertz CT molecular complexity index is 753. The van der Waals surface area contributed by atoms with Crippen LogP contribution in [0.5, 0.6) is 11.5 Å². The number of aryl methyl sites for hydroxylation is 1. The van der Waals surface area contributed by atoms with Crippen molar-refractivity contribution < 1.29 is 14.3 Å². The molecule has 0 fully saturated rings. The van der Waals surface area contributed by atoms with E-state index in [4.69, 9.17) is 14.7 Å². The Labute approximate surface area is 141 Å². The van der Waals surface area contributed by atoms with Crippen molar-refractivity contribution in [2.45, 2.75) is 19.8 Å². The van der Waals surface area contributed by atoms with Crippen LogP contribution in [0, 0.1) is 18.3 Å². The second-order valence-electron chi connectivity index (χ2n) is 5.10. The fourth-order valence-corrected chi connectivity index (χ4v) is 2.08. The van der Waals surface area contributed by atoms with Gasteiger partial charge < -0.3 is 14.8 Å². The first-order chi connectivity index (χ1) is 11.7. The number of benzene rings is 1. The van der Waals surface area contributed by atoms with E-state index < -0.39 is 0 Å². The zero-order valence-corrected chi connectivity index (χ0v) is 13.7. The fraction of sp³-hybridized carbons (Fsp3) is 0.278. The van der Waals surface area contributed by atoms with Crippen LogP contribution in [0.4, 0.5) is 5.82 Å². The predicted molar refractivity (Wildman–Crippen MR) is 90.3 cm³/mol. The molecular weight excluding hydrogens is 306 g/mol. The third-order valence-electron chi connectivity index (χ3n) is 3.36. The van der Waals surface area contributed by atoms with Crippen LogP contribution < -0.4 is 14.8 Å². The summed E-state index contributed by atoms with van der Waals surface area (Å²) in [6.07, 6.45) is 2.62. The summed E-state index contributed by atoms with van der Waals surface area (Å²) in [5, 5.41) is 11.3. The molecule has 0 saturated heterocycles. The molecule has 6 heteroatoms. The highest BCUT2D eigenvalue weighted by Crippen LogP contribution is 2.23. The molecule has 0 spiro atoms. The molecule has 0 aliphatic carbocycles. The van der Waals surface area contributed by atoms with E-state index in [2.05, 4.69) is 16.4 Å². The van der Waals surface area contributed by atoms with Crippen molar-refractivity contribution in [1.29, 1.82) is 5.26 Å². The number of carbonyl (C=O) groups is 1. The molecule has 0 radical (unpaired) electrons. The molecule has 6 nitrogen and oxygen atoms in total. The minimum Gasteiger partial charge on any atom is -0.496 e. The first-order valence-electron chi connectivity index (χ1n) is 7.56. The molecule has 24 heavy (non-hydrogen) atoms. The first-order valence-corrected chi connectivity index (χ1v) is 7.56. The number of rotatable bonds is 7. The smallest absolute Gasteiger partial charge is 0.257 e. The van der Waals surface area contributed by atoms with Crippen molar-refractivity contribution in [3.8, 4) is 17.6 Å². The molecule has 1 N–H and O–H groups in total. The third kappa shape index (κ3) is 4.46. The van der Waals surface area contributed by atoms with E-state index in [1.165, 1.54) is 0 Å². The molecule has 0 atom stereocenters. The van der Waals surface area contributed by atoms with E-state index in [1.807, 2.05) is 13.0 Å². The van der Waals surface area contributed by atoms with E-state index in [0.717, 1.165) is 5.56 Å². The standard InChI is InChI=1S/C18H19N3O3/c1-13-7-8-14(12-16(13)23-2)18(22)21-17-15(6-5-10-20-17)24-11-4-3-9-19/h5-8,10,12H,3-4,11H2,1-2H3,(H,20,21,22). The van der Waals surface area contributed by atoms with E-state index >= 15 is 0 Å². The quantitative estimate of drug-likeness (QED) is 0.789. The number of methoxy groups -OCH3 is 1. The van der Waals surface area contributed by atoms with Crippen molar-refractivity contribution in [1.82, 2.24) is 4.98 Å². The summed E-state index contributed by atoms with van der Waals surface area (Å²) in [6.45, 7) is 2.30. The van der Waals surface area contributed by atoms with Gasteiger partial charge in [0.2, 0.25) is 0 Å². The Morgan fingerprint density at radius 3 is 2.92 bits per heavy atom. The van der Waals surface area contributed by atoms with E-state index in [0.29, 0.717) is 42.3 Å². The van der Waals surface area contributed by atoms with Gasteiger partial charge in [0.1, 0.15) is 5.75 Å². The lowest BCUT2D eigenvalue weighted by Gasteiger charge is -2.12. The molecule has 124 valence electrons. The average Bonchev–Trinajstić information content (AvgIpc) is 2.60. The predicted octanol–water partition coefficient (Wildman–Crippen LogP) is 3.33. The maximum absolute atomic E-state index is 12.4. The Balaban J connectivity index is 2.10. The van der Waals surface area contributed by atoms with Crippen LogP contribution in [0.1, 0.15) is 28.8 Å². The minimum atomic E-state index is -0.297. The number of carbonyl (C=O) groups excluding carboxylic acids is 1. The van der Waals surface area contributed by atoms with Crippen LogP contribution in [0.2, 0.25) is 0 Å². The lowest BCUT2D eigenvalue weighted by Crippen LogP contribution is -2.14. The molecule has 1 heterocycles. The number of hydrogen-bond acceptors (Lipinski definition) is 5. The second kappa shape index (κ2) is 8.53. The summed E-state index contributed by atoms with van der Waals surface area (Å²) in [6, 6.07) is 10.7. The van der Waals surface area contributed by atoms with Crippen LogP contribution >= 0.6 is 0 Å². The lowest BCUT2D eigenvalue weighted by atomic mass is 10.1. The SMILES string of the molecule is COc1cc(C(=O)Nc2ncccc2OCCCC#N)ccc1C. The normalized spacial score (nSPS) is 9.88. The van der Waals surface area contributed by atoms with Crippen molar-refractivity contribution >= 4 is 11.7 Å². The van der Waals surface area contributed by atoms with Crippen LogP contribution in [0.25, 0.3) is 0 Å². The van der Waals surface area contributed by atoms with E-state index in [1.54, 1.807) is 37.6 Å². The van der Waals surface area contributed by atoms with Gasteiger partial charge in [0, 0.05) is 18.2 Å². The van der Waals surface area contributed by atoms with Crippen LogP contribution in [0.3, 0.4) is 0 Å². The number of pyridine rings is 1. The molecule has 0 unspecified atom stereocenters. The number of anilines is 1. The van der Waals surface area contributed by atoms with Gasteiger partial charge in [0.25, 0.3) is 5.91 Å². The maximum atomic E-state index is 12.4. The third-order valence-corrected chi connectivity index (χ3v) is 3.36. The maximum Gasteiger partial charge on any atom is 0.257 e. The summed E-state index contributed by atoms with van der Waals surface area (Å²) >= 11 is 0. The van der Waals surface area contributed by atoms with Crippen LogP contribution in [-0.2, 0) is 0 Å². The highest BCUT2D eigenvalue weighted by molar-refractivity contribution is 6.04. The van der Waals surface area contributed by atoms with Crippen molar-refractivity contribution in [3.05, 3.63) is 47.7 Å². The van der Waals surface area contributed by atoms with Gasteiger partial charge in [-0.15, -0.1) is 0 Å². The Morgan fingerprint density at radius 2 is 2.17 bits per heavy atom. The first kappa shape index (κ1) is 17.3. The summed E-state index contributed by atoms with van der Waals surface area (Å²) in [4.78, 5) is 16.6.